The van der Waals surface area contributed by atoms with E-state index in [2.05, 4.69) is 33.1 Å². The molecule has 3 atom stereocenters. The van der Waals surface area contributed by atoms with E-state index in [1.165, 1.54) is 25.7 Å². The monoisotopic (exact) mass is 199 g/mol. The van der Waals surface area contributed by atoms with E-state index in [0.717, 1.165) is 5.92 Å². The van der Waals surface area contributed by atoms with Crippen LogP contribution in [0.25, 0.3) is 0 Å². The van der Waals surface area contributed by atoms with Gasteiger partial charge in [0.25, 0.3) is 0 Å². The van der Waals surface area contributed by atoms with Gasteiger partial charge < -0.3 is 10.1 Å². The van der Waals surface area contributed by atoms with Gasteiger partial charge in [0.2, 0.25) is 0 Å². The maximum absolute atomic E-state index is 5.94. The molecule has 0 radical (unpaired) electrons. The van der Waals surface area contributed by atoms with Crippen molar-refractivity contribution >= 4 is 0 Å². The summed E-state index contributed by atoms with van der Waals surface area (Å²) in [6, 6.07) is 0.551. The lowest BCUT2D eigenvalue weighted by Crippen LogP contribution is -2.43. The number of hydrogen-bond donors (Lipinski definition) is 1. The Kier molecular flexibility index (Phi) is 4.90. The third-order valence-electron chi connectivity index (χ3n) is 3.56. The Morgan fingerprint density at radius 2 is 1.93 bits per heavy atom. The maximum atomic E-state index is 5.94. The van der Waals surface area contributed by atoms with Gasteiger partial charge in [0.05, 0.1) is 12.2 Å². The van der Waals surface area contributed by atoms with Crippen LogP contribution >= 0.6 is 0 Å². The fourth-order valence-electron chi connectivity index (χ4n) is 2.62. The second-order valence-electron chi connectivity index (χ2n) is 4.45. The molecule has 1 heterocycles. The summed E-state index contributed by atoms with van der Waals surface area (Å²) < 4.78 is 5.94. The molecular formula is C12H25NO. The summed E-state index contributed by atoms with van der Waals surface area (Å²) in [6.45, 7) is 6.73. The van der Waals surface area contributed by atoms with Crippen LogP contribution in [-0.2, 0) is 4.74 Å². The smallest absolute Gasteiger partial charge is 0.0735 e. The molecule has 0 bridgehead atoms. The average molecular weight is 199 g/mol. The van der Waals surface area contributed by atoms with Gasteiger partial charge in [-0.15, -0.1) is 0 Å². The van der Waals surface area contributed by atoms with Crippen molar-refractivity contribution in [2.45, 2.75) is 64.7 Å². The quantitative estimate of drug-likeness (QED) is 0.735. The summed E-state index contributed by atoms with van der Waals surface area (Å²) in [5.41, 5.74) is 0. The largest absolute Gasteiger partial charge is 0.374 e. The van der Waals surface area contributed by atoms with Crippen LogP contribution in [-0.4, -0.2) is 25.3 Å². The summed E-state index contributed by atoms with van der Waals surface area (Å²) in [6.07, 6.45) is 5.85. The Labute approximate surface area is 88.4 Å². The highest BCUT2D eigenvalue weighted by Gasteiger charge is 2.32. The zero-order chi connectivity index (χ0) is 10.6. The molecule has 1 aliphatic heterocycles. The van der Waals surface area contributed by atoms with E-state index in [0.29, 0.717) is 18.2 Å². The molecule has 0 aromatic heterocycles. The summed E-state index contributed by atoms with van der Waals surface area (Å²) in [4.78, 5) is 0. The minimum atomic E-state index is 0.444. The van der Waals surface area contributed by atoms with Crippen LogP contribution in [0.4, 0.5) is 0 Å². The average Bonchev–Trinajstić information content (AvgIpc) is 2.60. The standard InChI is InChI=1S/C12H25NO/c1-5-10(6-2)12(13-4)11-8-7-9(3)14-11/h9-13H,5-8H2,1-4H3. The minimum Gasteiger partial charge on any atom is -0.374 e. The maximum Gasteiger partial charge on any atom is 0.0735 e. The van der Waals surface area contributed by atoms with Gasteiger partial charge in [0.15, 0.2) is 0 Å². The molecule has 1 aliphatic rings. The van der Waals surface area contributed by atoms with Crippen molar-refractivity contribution in [1.29, 1.82) is 0 Å². The van der Waals surface area contributed by atoms with E-state index in [9.17, 15) is 0 Å². The zero-order valence-corrected chi connectivity index (χ0v) is 10.0. The van der Waals surface area contributed by atoms with Crippen molar-refractivity contribution in [1.82, 2.24) is 5.32 Å². The first-order valence-corrected chi connectivity index (χ1v) is 6.05. The normalized spacial score (nSPS) is 29.8. The molecule has 1 N–H and O–H groups in total. The van der Waals surface area contributed by atoms with Crippen molar-refractivity contribution in [2.24, 2.45) is 5.92 Å². The van der Waals surface area contributed by atoms with Crippen LogP contribution in [0, 0.1) is 5.92 Å². The van der Waals surface area contributed by atoms with Crippen molar-refractivity contribution < 1.29 is 4.74 Å². The van der Waals surface area contributed by atoms with Crippen molar-refractivity contribution in [3.05, 3.63) is 0 Å². The van der Waals surface area contributed by atoms with Gasteiger partial charge in [-0.25, -0.2) is 0 Å². The number of hydrogen-bond acceptors (Lipinski definition) is 2. The summed E-state index contributed by atoms with van der Waals surface area (Å²) >= 11 is 0. The Hall–Kier alpha value is -0.0800. The highest BCUT2D eigenvalue weighted by molar-refractivity contribution is 4.86. The predicted molar refractivity (Wildman–Crippen MR) is 60.5 cm³/mol. The fourth-order valence-corrected chi connectivity index (χ4v) is 2.62. The highest BCUT2D eigenvalue weighted by atomic mass is 16.5. The van der Waals surface area contributed by atoms with E-state index >= 15 is 0 Å². The Morgan fingerprint density at radius 3 is 2.29 bits per heavy atom. The Morgan fingerprint density at radius 1 is 1.29 bits per heavy atom. The summed E-state index contributed by atoms with van der Waals surface area (Å²) in [5, 5.41) is 3.44. The van der Waals surface area contributed by atoms with Crippen LogP contribution in [0.1, 0.15) is 46.5 Å². The number of likely N-dealkylation sites (N-methyl/N-ethyl adjacent to an activating group) is 1. The molecule has 0 amide bonds. The predicted octanol–water partition coefficient (Wildman–Crippen LogP) is 2.58. The van der Waals surface area contributed by atoms with Gasteiger partial charge in [-0.1, -0.05) is 26.7 Å². The minimum absolute atomic E-state index is 0.444. The first kappa shape index (κ1) is 12.0. The van der Waals surface area contributed by atoms with Gasteiger partial charge in [0.1, 0.15) is 0 Å². The molecule has 1 rings (SSSR count). The molecule has 0 saturated carbocycles. The molecule has 0 spiro atoms. The lowest BCUT2D eigenvalue weighted by Gasteiger charge is -2.30. The third kappa shape index (κ3) is 2.71. The fraction of sp³-hybridized carbons (Fsp3) is 1.00. The van der Waals surface area contributed by atoms with E-state index in [1.54, 1.807) is 0 Å². The molecule has 2 nitrogen and oxygen atoms in total. The first-order valence-electron chi connectivity index (χ1n) is 6.05. The molecule has 0 aromatic carbocycles. The highest BCUT2D eigenvalue weighted by Crippen LogP contribution is 2.27. The summed E-state index contributed by atoms with van der Waals surface area (Å²) in [5.74, 6) is 0.760. The van der Waals surface area contributed by atoms with E-state index in [1.807, 2.05) is 0 Å². The molecule has 2 heteroatoms. The van der Waals surface area contributed by atoms with E-state index in [4.69, 9.17) is 4.74 Å². The second kappa shape index (κ2) is 5.72. The van der Waals surface area contributed by atoms with Crippen molar-refractivity contribution in [3.63, 3.8) is 0 Å². The van der Waals surface area contributed by atoms with Gasteiger partial charge in [0, 0.05) is 6.04 Å². The van der Waals surface area contributed by atoms with Gasteiger partial charge in [-0.3, -0.25) is 0 Å². The van der Waals surface area contributed by atoms with Crippen molar-refractivity contribution in [3.8, 4) is 0 Å². The zero-order valence-electron chi connectivity index (χ0n) is 10.0. The molecule has 14 heavy (non-hydrogen) atoms. The number of nitrogens with one attached hydrogen (secondary N) is 1. The van der Waals surface area contributed by atoms with Gasteiger partial charge in [-0.05, 0) is 32.7 Å². The van der Waals surface area contributed by atoms with E-state index in [-0.39, 0.29) is 0 Å². The van der Waals surface area contributed by atoms with Crippen molar-refractivity contribution in [2.75, 3.05) is 7.05 Å². The molecule has 0 aromatic rings. The molecule has 0 aliphatic carbocycles. The molecule has 3 unspecified atom stereocenters. The Balaban J connectivity index is 2.52. The van der Waals surface area contributed by atoms with Crippen LogP contribution in [0.5, 0.6) is 0 Å². The van der Waals surface area contributed by atoms with Gasteiger partial charge >= 0.3 is 0 Å². The third-order valence-corrected chi connectivity index (χ3v) is 3.56. The molecule has 1 saturated heterocycles. The first-order chi connectivity index (χ1) is 6.72. The number of rotatable bonds is 5. The second-order valence-corrected chi connectivity index (χ2v) is 4.45. The number of ether oxygens (including phenoxy) is 1. The lowest BCUT2D eigenvalue weighted by molar-refractivity contribution is 0.0180. The summed E-state index contributed by atoms with van der Waals surface area (Å²) in [7, 11) is 2.06. The molecular weight excluding hydrogens is 174 g/mol. The van der Waals surface area contributed by atoms with Crippen LogP contribution in [0.2, 0.25) is 0 Å². The molecule has 84 valence electrons. The lowest BCUT2D eigenvalue weighted by atomic mass is 9.89. The van der Waals surface area contributed by atoms with Crippen LogP contribution in [0.15, 0.2) is 0 Å². The van der Waals surface area contributed by atoms with E-state index < -0.39 is 0 Å². The SMILES string of the molecule is CCC(CC)C(NC)C1CCC(C)O1. The van der Waals surface area contributed by atoms with Crippen LogP contribution < -0.4 is 5.32 Å². The van der Waals surface area contributed by atoms with Crippen LogP contribution in [0.3, 0.4) is 0 Å². The topological polar surface area (TPSA) is 21.3 Å². The molecule has 1 fully saturated rings. The van der Waals surface area contributed by atoms with Gasteiger partial charge in [-0.2, -0.15) is 0 Å². The Bertz CT molecular complexity index is 156.